The number of ether oxygens (including phenoxy) is 1. The van der Waals surface area contributed by atoms with Gasteiger partial charge < -0.3 is 25.7 Å². The third-order valence-electron chi connectivity index (χ3n) is 2.87. The van der Waals surface area contributed by atoms with E-state index in [-0.39, 0.29) is 11.7 Å². The number of anilines is 1. The van der Waals surface area contributed by atoms with Crippen LogP contribution in [-0.2, 0) is 9.59 Å². The number of nitrogens with one attached hydrogen (secondary N) is 1. The van der Waals surface area contributed by atoms with Crippen LogP contribution in [-0.4, -0.2) is 18.7 Å². The minimum absolute atomic E-state index is 0.347. The predicted molar refractivity (Wildman–Crippen MR) is 79.9 cm³/mol. The Balaban J connectivity index is 0.000000970. The standard InChI is InChI=1S/C15H13F3N2O2.CH2O2/c16-15(17,18)22-12-8-6-11(7-9-12)20-14(21)13(19)10-4-2-1-3-5-10;2-1-3/h1-9,13H,19H2,(H,20,21);1H,(H,2,3). The van der Waals surface area contributed by atoms with Crippen LogP contribution in [0.2, 0.25) is 0 Å². The molecule has 25 heavy (non-hydrogen) atoms. The van der Waals surface area contributed by atoms with Gasteiger partial charge in [0.25, 0.3) is 5.91 Å². The average molecular weight is 356 g/mol. The molecule has 2 rings (SSSR count). The number of alkyl halides is 3. The Kier molecular flexibility index (Phi) is 7.42. The highest BCUT2D eigenvalue weighted by Gasteiger charge is 2.31. The maximum absolute atomic E-state index is 12.0. The number of rotatable bonds is 4. The van der Waals surface area contributed by atoms with Crippen LogP contribution in [0.25, 0.3) is 0 Å². The molecule has 0 radical (unpaired) electrons. The van der Waals surface area contributed by atoms with E-state index in [0.29, 0.717) is 5.69 Å². The summed E-state index contributed by atoms with van der Waals surface area (Å²) in [6.45, 7) is -0.500. The summed E-state index contributed by atoms with van der Waals surface area (Å²) < 4.78 is 39.9. The van der Waals surface area contributed by atoms with Crippen molar-refractivity contribution in [2.45, 2.75) is 12.4 Å². The minimum Gasteiger partial charge on any atom is -0.554 e. The van der Waals surface area contributed by atoms with Crippen molar-refractivity contribution in [3.8, 4) is 5.75 Å². The molecule has 2 aromatic rings. The Morgan fingerprint density at radius 1 is 1.12 bits per heavy atom. The van der Waals surface area contributed by atoms with E-state index in [4.69, 9.17) is 9.90 Å². The summed E-state index contributed by atoms with van der Waals surface area (Å²) >= 11 is 0. The van der Waals surface area contributed by atoms with Gasteiger partial charge in [-0.05, 0) is 24.3 Å². The first-order valence-corrected chi connectivity index (χ1v) is 6.87. The van der Waals surface area contributed by atoms with Crippen LogP contribution in [0.3, 0.4) is 0 Å². The molecule has 0 saturated carbocycles. The average Bonchev–Trinajstić information content (AvgIpc) is 2.56. The summed E-state index contributed by atoms with van der Waals surface area (Å²) in [6, 6.07) is 13.3. The van der Waals surface area contributed by atoms with Gasteiger partial charge in [0, 0.05) is 17.7 Å². The second-order valence-electron chi connectivity index (χ2n) is 4.62. The molecule has 134 valence electrons. The Labute approximate surface area is 141 Å². The van der Waals surface area contributed by atoms with E-state index in [0.717, 1.165) is 17.7 Å². The number of amides is 1. The van der Waals surface area contributed by atoms with Crippen LogP contribution in [0, 0.1) is 0 Å². The van der Waals surface area contributed by atoms with Crippen molar-refractivity contribution in [1.82, 2.24) is 0 Å². The molecule has 0 fully saturated rings. The Morgan fingerprint density at radius 3 is 2.12 bits per heavy atom. The fourth-order valence-electron chi connectivity index (χ4n) is 1.81. The van der Waals surface area contributed by atoms with Crippen LogP contribution in [0.5, 0.6) is 5.75 Å². The van der Waals surface area contributed by atoms with Gasteiger partial charge in [-0.3, -0.25) is 4.79 Å². The number of halogens is 3. The smallest absolute Gasteiger partial charge is 0.554 e. The number of carbonyl (C=O) groups excluding carboxylic acids is 2. The van der Waals surface area contributed by atoms with E-state index in [1.54, 1.807) is 24.3 Å². The molecule has 0 aliphatic heterocycles. The highest BCUT2D eigenvalue weighted by atomic mass is 19.4. The number of carboxylic acid groups (broad SMARTS) is 1. The second-order valence-corrected chi connectivity index (χ2v) is 4.62. The molecule has 0 aromatic heterocycles. The molecule has 1 unspecified atom stereocenters. The number of hydrogen-bond donors (Lipinski definition) is 2. The molecule has 0 aliphatic carbocycles. The first kappa shape index (κ1) is 20.0. The molecular weight excluding hydrogens is 341 g/mol. The number of carbonyl (C=O) groups is 2. The Hall–Kier alpha value is -3.07. The van der Waals surface area contributed by atoms with E-state index in [1.807, 2.05) is 6.07 Å². The van der Waals surface area contributed by atoms with E-state index in [1.165, 1.54) is 12.1 Å². The molecule has 0 saturated heterocycles. The van der Waals surface area contributed by atoms with Crippen LogP contribution >= 0.6 is 0 Å². The maximum atomic E-state index is 12.0. The van der Waals surface area contributed by atoms with Crippen LogP contribution in [0.1, 0.15) is 11.6 Å². The molecule has 0 heterocycles. The van der Waals surface area contributed by atoms with Crippen molar-refractivity contribution in [3.63, 3.8) is 0 Å². The first-order valence-electron chi connectivity index (χ1n) is 6.87. The first-order chi connectivity index (χ1) is 11.8. The minimum atomic E-state index is -4.74. The quantitative estimate of drug-likeness (QED) is 0.793. The Morgan fingerprint density at radius 2 is 1.64 bits per heavy atom. The van der Waals surface area contributed by atoms with Gasteiger partial charge in [0.05, 0.1) is 0 Å². The van der Waals surface area contributed by atoms with Crippen molar-refractivity contribution >= 4 is 18.1 Å². The molecule has 1 amide bonds. The maximum Gasteiger partial charge on any atom is 0.573 e. The van der Waals surface area contributed by atoms with Crippen LogP contribution < -0.4 is 20.9 Å². The molecule has 0 spiro atoms. The molecule has 9 heteroatoms. The van der Waals surface area contributed by atoms with Crippen molar-refractivity contribution in [2.24, 2.45) is 0 Å². The Bertz CT molecular complexity index is 676. The third kappa shape index (κ3) is 7.36. The van der Waals surface area contributed by atoms with Gasteiger partial charge in [-0.15, -0.1) is 13.2 Å². The summed E-state index contributed by atoms with van der Waals surface area (Å²) in [5.74, 6) is -0.699. The van der Waals surface area contributed by atoms with Gasteiger partial charge in [-0.2, -0.15) is 0 Å². The molecule has 0 bridgehead atoms. The zero-order chi connectivity index (χ0) is 18.9. The summed E-state index contributed by atoms with van der Waals surface area (Å²) in [5.41, 5.74) is 4.90. The lowest BCUT2D eigenvalue weighted by molar-refractivity contribution is -0.408. The van der Waals surface area contributed by atoms with Crippen molar-refractivity contribution in [3.05, 3.63) is 60.2 Å². The lowest BCUT2D eigenvalue weighted by Crippen LogP contribution is -2.58. The summed E-state index contributed by atoms with van der Waals surface area (Å²) in [5, 5.41) is 10.8. The van der Waals surface area contributed by atoms with Crippen LogP contribution in [0.4, 0.5) is 18.9 Å². The lowest BCUT2D eigenvalue weighted by Gasteiger charge is -2.11. The fraction of sp³-hybridized carbons (Fsp3) is 0.125. The van der Waals surface area contributed by atoms with E-state index in [2.05, 4.69) is 15.8 Å². The summed E-state index contributed by atoms with van der Waals surface area (Å²) in [6.07, 6.45) is -4.74. The molecule has 4 N–H and O–H groups in total. The van der Waals surface area contributed by atoms with E-state index >= 15 is 0 Å². The van der Waals surface area contributed by atoms with Gasteiger partial charge in [0.1, 0.15) is 5.75 Å². The topological polar surface area (TPSA) is 106 Å². The monoisotopic (exact) mass is 356 g/mol. The fourth-order valence-corrected chi connectivity index (χ4v) is 1.81. The molecule has 0 aliphatic rings. The number of benzene rings is 2. The molecule has 1 atom stereocenters. The van der Waals surface area contributed by atoms with Gasteiger partial charge in [0.2, 0.25) is 0 Å². The predicted octanol–water partition coefficient (Wildman–Crippen LogP) is 0.873. The van der Waals surface area contributed by atoms with Gasteiger partial charge in [0.15, 0.2) is 6.04 Å². The summed E-state index contributed by atoms with van der Waals surface area (Å²) in [4.78, 5) is 20.3. The zero-order valence-corrected chi connectivity index (χ0v) is 12.8. The SMILES string of the molecule is O=C[O-].[NH3+]C(C(=O)Nc1ccc(OC(F)(F)F)cc1)c1ccccc1. The van der Waals surface area contributed by atoms with E-state index in [9.17, 15) is 18.0 Å². The van der Waals surface area contributed by atoms with Crippen molar-refractivity contribution < 1.29 is 38.3 Å². The van der Waals surface area contributed by atoms with Crippen molar-refractivity contribution in [2.75, 3.05) is 5.32 Å². The largest absolute Gasteiger partial charge is 0.573 e. The molecule has 6 nitrogen and oxygen atoms in total. The summed E-state index contributed by atoms with van der Waals surface area (Å²) in [7, 11) is 0. The van der Waals surface area contributed by atoms with Crippen molar-refractivity contribution in [1.29, 1.82) is 0 Å². The van der Waals surface area contributed by atoms with Gasteiger partial charge in [-0.1, -0.05) is 30.3 Å². The van der Waals surface area contributed by atoms with Gasteiger partial charge in [-0.25, -0.2) is 0 Å². The number of quaternary nitrogens is 1. The van der Waals surface area contributed by atoms with Crippen LogP contribution in [0.15, 0.2) is 54.6 Å². The number of hydrogen-bond acceptors (Lipinski definition) is 4. The lowest BCUT2D eigenvalue weighted by atomic mass is 10.1. The zero-order valence-electron chi connectivity index (χ0n) is 12.8. The highest BCUT2D eigenvalue weighted by molar-refractivity contribution is 5.94. The molecular formula is C16H15F3N2O4. The van der Waals surface area contributed by atoms with Gasteiger partial charge >= 0.3 is 6.36 Å². The third-order valence-corrected chi connectivity index (χ3v) is 2.87. The normalized spacial score (nSPS) is 11.5. The van der Waals surface area contributed by atoms with E-state index < -0.39 is 18.9 Å². The highest BCUT2D eigenvalue weighted by Crippen LogP contribution is 2.24. The second kappa shape index (κ2) is 9.28. The molecule has 2 aromatic carbocycles.